The lowest BCUT2D eigenvalue weighted by Crippen LogP contribution is -2.14. The summed E-state index contributed by atoms with van der Waals surface area (Å²) in [5.74, 6) is -1.51. The minimum absolute atomic E-state index is 0.0216. The molecule has 1 aromatic heterocycles. The summed E-state index contributed by atoms with van der Waals surface area (Å²) in [7, 11) is 1.31. The highest BCUT2D eigenvalue weighted by Crippen LogP contribution is 2.40. The second-order valence-corrected chi connectivity index (χ2v) is 6.36. The van der Waals surface area contributed by atoms with Crippen LogP contribution in [-0.4, -0.2) is 37.0 Å². The molecule has 0 amide bonds. The molecule has 0 saturated carbocycles. The van der Waals surface area contributed by atoms with Crippen LogP contribution in [-0.2, 0) is 0 Å². The number of nitro benzene ring substituents is 2. The zero-order valence-corrected chi connectivity index (χ0v) is 17.0. The third-order valence-corrected chi connectivity index (χ3v) is 4.29. The van der Waals surface area contributed by atoms with Crippen molar-refractivity contribution in [2.24, 2.45) is 0 Å². The Bertz CT molecular complexity index is 1400. The Hall–Kier alpha value is -5.34. The standard InChI is InChI=1S/C19H13N5O10/c1-33-14-4-2-3-10(5-8-15-20-18(25)16(24(31)32)19(26)21-15)17(14)34-13-7-6-11(22(27)28)9-12(13)23(29)30/h2-9H,1H3,(H2,20,21,25,26)/b8-5-. The van der Waals surface area contributed by atoms with Crippen molar-refractivity contribution in [3.8, 4) is 23.1 Å². The molecule has 0 fully saturated rings. The lowest BCUT2D eigenvalue weighted by molar-refractivity contribution is -0.394. The molecule has 3 rings (SSSR count). The number of nitrogens with one attached hydrogen (secondary N) is 1. The van der Waals surface area contributed by atoms with Crippen LogP contribution >= 0.6 is 0 Å². The maximum Gasteiger partial charge on any atom is 0.395 e. The summed E-state index contributed by atoms with van der Waals surface area (Å²) in [5, 5.41) is 42.8. The van der Waals surface area contributed by atoms with Gasteiger partial charge in [-0.15, -0.1) is 0 Å². The van der Waals surface area contributed by atoms with Crippen molar-refractivity contribution in [2.45, 2.75) is 0 Å². The van der Waals surface area contributed by atoms with E-state index in [0.29, 0.717) is 0 Å². The molecule has 2 aromatic carbocycles. The third-order valence-electron chi connectivity index (χ3n) is 4.29. The van der Waals surface area contributed by atoms with Crippen molar-refractivity contribution in [2.75, 3.05) is 7.11 Å². The number of H-pyrrole nitrogens is 1. The summed E-state index contributed by atoms with van der Waals surface area (Å²) in [6, 6.07) is 7.38. The van der Waals surface area contributed by atoms with Gasteiger partial charge in [0.15, 0.2) is 11.5 Å². The number of para-hydroxylation sites is 1. The van der Waals surface area contributed by atoms with E-state index in [-0.39, 0.29) is 28.6 Å². The highest BCUT2D eigenvalue weighted by Gasteiger charge is 2.24. The minimum Gasteiger partial charge on any atom is -0.493 e. The first-order valence-electron chi connectivity index (χ1n) is 9.05. The average Bonchev–Trinajstić information content (AvgIpc) is 2.77. The number of aromatic hydroxyl groups is 1. The smallest absolute Gasteiger partial charge is 0.395 e. The van der Waals surface area contributed by atoms with Gasteiger partial charge in [-0.2, -0.15) is 4.98 Å². The van der Waals surface area contributed by atoms with Crippen LogP contribution in [0.5, 0.6) is 23.1 Å². The van der Waals surface area contributed by atoms with E-state index in [1.54, 1.807) is 6.07 Å². The molecule has 15 nitrogen and oxygen atoms in total. The van der Waals surface area contributed by atoms with Gasteiger partial charge >= 0.3 is 16.9 Å². The average molecular weight is 471 g/mol. The number of rotatable bonds is 8. The largest absolute Gasteiger partial charge is 0.493 e. The molecular formula is C19H13N5O10. The molecule has 34 heavy (non-hydrogen) atoms. The Morgan fingerprint density at radius 3 is 2.32 bits per heavy atom. The number of ether oxygens (including phenoxy) is 2. The Labute approximate surface area is 188 Å². The molecule has 0 radical (unpaired) electrons. The fourth-order valence-electron chi connectivity index (χ4n) is 2.78. The van der Waals surface area contributed by atoms with E-state index >= 15 is 0 Å². The molecule has 15 heteroatoms. The van der Waals surface area contributed by atoms with Crippen molar-refractivity contribution < 1.29 is 29.4 Å². The molecule has 0 bridgehead atoms. The summed E-state index contributed by atoms with van der Waals surface area (Å²) in [6.07, 6.45) is 2.52. The van der Waals surface area contributed by atoms with Crippen molar-refractivity contribution in [3.63, 3.8) is 0 Å². The quantitative estimate of drug-likeness (QED) is 0.359. The van der Waals surface area contributed by atoms with Crippen LogP contribution in [0, 0.1) is 30.3 Å². The number of nitro groups is 3. The molecule has 0 spiro atoms. The van der Waals surface area contributed by atoms with E-state index in [1.807, 2.05) is 0 Å². The van der Waals surface area contributed by atoms with Crippen LogP contribution in [0.3, 0.4) is 0 Å². The summed E-state index contributed by atoms with van der Waals surface area (Å²) in [6.45, 7) is 0. The summed E-state index contributed by atoms with van der Waals surface area (Å²) in [5.41, 5.74) is -3.21. The maximum atomic E-state index is 11.8. The molecule has 3 aromatic rings. The zero-order valence-electron chi connectivity index (χ0n) is 17.0. The molecule has 0 saturated heterocycles. The highest BCUT2D eigenvalue weighted by atomic mass is 16.6. The topological polar surface area (TPSA) is 214 Å². The van der Waals surface area contributed by atoms with Crippen molar-refractivity contribution in [3.05, 3.63) is 88.5 Å². The van der Waals surface area contributed by atoms with Crippen molar-refractivity contribution in [1.82, 2.24) is 9.97 Å². The molecule has 0 unspecified atom stereocenters. The second kappa shape index (κ2) is 9.43. The normalized spacial score (nSPS) is 10.7. The highest BCUT2D eigenvalue weighted by molar-refractivity contribution is 5.73. The van der Waals surface area contributed by atoms with Gasteiger partial charge in [0.2, 0.25) is 5.75 Å². The molecule has 1 heterocycles. The number of hydrogen-bond donors (Lipinski definition) is 2. The fraction of sp³-hybridized carbons (Fsp3) is 0.0526. The summed E-state index contributed by atoms with van der Waals surface area (Å²) >= 11 is 0. The predicted molar refractivity (Wildman–Crippen MR) is 115 cm³/mol. The van der Waals surface area contributed by atoms with E-state index in [4.69, 9.17) is 9.47 Å². The first-order valence-corrected chi connectivity index (χ1v) is 9.05. The molecule has 2 N–H and O–H groups in total. The van der Waals surface area contributed by atoms with Gasteiger partial charge in [0, 0.05) is 11.6 Å². The molecule has 0 atom stereocenters. The van der Waals surface area contributed by atoms with Gasteiger partial charge in [-0.05, 0) is 24.3 Å². The van der Waals surface area contributed by atoms with Crippen LogP contribution in [0.4, 0.5) is 17.1 Å². The first-order chi connectivity index (χ1) is 16.1. The van der Waals surface area contributed by atoms with Crippen LogP contribution < -0.4 is 15.0 Å². The maximum absolute atomic E-state index is 11.8. The van der Waals surface area contributed by atoms with Gasteiger partial charge < -0.3 is 19.6 Å². The molecule has 0 aliphatic heterocycles. The number of aromatic amines is 1. The lowest BCUT2D eigenvalue weighted by atomic mass is 10.1. The fourth-order valence-corrected chi connectivity index (χ4v) is 2.78. The van der Waals surface area contributed by atoms with Gasteiger partial charge in [0.1, 0.15) is 5.82 Å². The van der Waals surface area contributed by atoms with E-state index in [0.717, 1.165) is 18.2 Å². The zero-order chi connectivity index (χ0) is 25.0. The van der Waals surface area contributed by atoms with Gasteiger partial charge in [0.25, 0.3) is 11.6 Å². The lowest BCUT2D eigenvalue weighted by Gasteiger charge is -2.13. The van der Waals surface area contributed by atoms with Gasteiger partial charge in [-0.1, -0.05) is 12.1 Å². The Kier molecular flexibility index (Phi) is 6.47. The number of benzene rings is 2. The minimum atomic E-state index is -1.18. The van der Waals surface area contributed by atoms with E-state index in [9.17, 15) is 40.2 Å². The van der Waals surface area contributed by atoms with Crippen LogP contribution in [0.15, 0.2) is 41.2 Å². The predicted octanol–water partition coefficient (Wildman–Crippen LogP) is 3.17. The van der Waals surface area contributed by atoms with Gasteiger partial charge in [0.05, 0.1) is 27.9 Å². The molecule has 0 aliphatic rings. The monoisotopic (exact) mass is 471 g/mol. The van der Waals surface area contributed by atoms with Gasteiger partial charge in [-0.3, -0.25) is 35.1 Å². The second-order valence-electron chi connectivity index (χ2n) is 6.36. The number of nitrogens with zero attached hydrogens (tertiary/aromatic N) is 4. The van der Waals surface area contributed by atoms with Crippen LogP contribution in [0.25, 0.3) is 12.2 Å². The summed E-state index contributed by atoms with van der Waals surface area (Å²) < 4.78 is 10.9. The number of non-ortho nitro benzene ring substituents is 1. The molecule has 0 aliphatic carbocycles. The number of aromatic nitrogens is 2. The third kappa shape index (κ3) is 4.77. The van der Waals surface area contributed by atoms with E-state index in [1.165, 1.54) is 31.4 Å². The first kappa shape index (κ1) is 23.3. The number of methoxy groups -OCH3 is 1. The van der Waals surface area contributed by atoms with E-state index < -0.39 is 43.3 Å². The van der Waals surface area contributed by atoms with Crippen molar-refractivity contribution in [1.29, 1.82) is 0 Å². The Morgan fingerprint density at radius 1 is 1.00 bits per heavy atom. The van der Waals surface area contributed by atoms with Gasteiger partial charge in [-0.25, -0.2) is 0 Å². The van der Waals surface area contributed by atoms with Crippen molar-refractivity contribution >= 4 is 29.2 Å². The van der Waals surface area contributed by atoms with E-state index in [2.05, 4.69) is 9.97 Å². The SMILES string of the molecule is COc1cccc(/C=C\c2nc(O)c([N+](=O)[O-])c(=O)[nH]2)c1Oc1ccc([N+](=O)[O-])cc1[N+](=O)[O-]. The van der Waals surface area contributed by atoms with Crippen LogP contribution in [0.2, 0.25) is 0 Å². The summed E-state index contributed by atoms with van der Waals surface area (Å²) in [4.78, 5) is 47.9. The number of hydrogen-bond acceptors (Lipinski definition) is 11. The Morgan fingerprint density at radius 2 is 1.74 bits per heavy atom. The molecular weight excluding hydrogens is 458 g/mol. The molecule has 174 valence electrons. The van der Waals surface area contributed by atoms with Crippen LogP contribution in [0.1, 0.15) is 11.4 Å². The Balaban J connectivity index is 2.06.